The molecule has 0 saturated carbocycles. The summed E-state index contributed by atoms with van der Waals surface area (Å²) in [7, 11) is 2.98. The van der Waals surface area contributed by atoms with Crippen LogP contribution in [-0.2, 0) is 14.3 Å². The Hall–Kier alpha value is -2.28. The van der Waals surface area contributed by atoms with Crippen molar-refractivity contribution in [2.45, 2.75) is 18.9 Å². The molecule has 1 aliphatic rings. The summed E-state index contributed by atoms with van der Waals surface area (Å²) in [6, 6.07) is 4.69. The first-order valence-electron chi connectivity index (χ1n) is 7.41. The van der Waals surface area contributed by atoms with E-state index in [-0.39, 0.29) is 24.2 Å². The van der Waals surface area contributed by atoms with E-state index in [4.69, 9.17) is 18.9 Å². The van der Waals surface area contributed by atoms with Crippen LogP contribution in [0.15, 0.2) is 18.2 Å². The summed E-state index contributed by atoms with van der Waals surface area (Å²) in [5.74, 6) is -0.0311. The number of benzene rings is 1. The molecule has 1 fully saturated rings. The number of nitrogens with one attached hydrogen (secondary N) is 1. The second-order valence-electron chi connectivity index (χ2n) is 5.12. The predicted octanol–water partition coefficient (Wildman–Crippen LogP) is 1.16. The Morgan fingerprint density at radius 3 is 2.48 bits per heavy atom. The van der Waals surface area contributed by atoms with E-state index in [2.05, 4.69) is 5.32 Å². The van der Waals surface area contributed by atoms with E-state index < -0.39 is 5.97 Å². The van der Waals surface area contributed by atoms with Gasteiger partial charge in [-0.25, -0.2) is 4.79 Å². The molecule has 1 aliphatic heterocycles. The van der Waals surface area contributed by atoms with Crippen LogP contribution in [0.1, 0.15) is 23.2 Å². The van der Waals surface area contributed by atoms with Crippen LogP contribution in [-0.4, -0.2) is 52.0 Å². The molecule has 1 amide bonds. The van der Waals surface area contributed by atoms with Gasteiger partial charge in [0, 0.05) is 19.2 Å². The van der Waals surface area contributed by atoms with Gasteiger partial charge in [0.15, 0.2) is 6.61 Å². The maximum Gasteiger partial charge on any atom is 0.338 e. The Morgan fingerprint density at radius 2 is 1.91 bits per heavy atom. The summed E-state index contributed by atoms with van der Waals surface area (Å²) in [4.78, 5) is 23.7. The van der Waals surface area contributed by atoms with Gasteiger partial charge in [0.1, 0.15) is 11.5 Å². The molecule has 1 unspecified atom stereocenters. The molecule has 1 aromatic carbocycles. The van der Waals surface area contributed by atoms with Gasteiger partial charge in [0.25, 0.3) is 5.91 Å². The Kier molecular flexibility index (Phi) is 6.22. The number of carbonyl (C=O) groups is 2. The lowest BCUT2D eigenvalue weighted by Crippen LogP contribution is -2.34. The highest BCUT2D eigenvalue weighted by molar-refractivity contribution is 5.92. The predicted molar refractivity (Wildman–Crippen MR) is 81.8 cm³/mol. The third kappa shape index (κ3) is 5.14. The van der Waals surface area contributed by atoms with Gasteiger partial charge in [0.2, 0.25) is 0 Å². The lowest BCUT2D eigenvalue weighted by atomic mass is 10.2. The van der Waals surface area contributed by atoms with Gasteiger partial charge in [-0.1, -0.05) is 0 Å². The highest BCUT2D eigenvalue weighted by Gasteiger charge is 2.17. The maximum atomic E-state index is 12.0. The van der Waals surface area contributed by atoms with E-state index in [1.54, 1.807) is 6.07 Å². The minimum atomic E-state index is -0.616. The Labute approximate surface area is 134 Å². The molecule has 2 rings (SSSR count). The van der Waals surface area contributed by atoms with Crippen LogP contribution in [0.4, 0.5) is 0 Å². The average Bonchev–Trinajstić information content (AvgIpc) is 3.10. The van der Waals surface area contributed by atoms with Crippen molar-refractivity contribution in [3.63, 3.8) is 0 Å². The lowest BCUT2D eigenvalue weighted by molar-refractivity contribution is -0.124. The minimum Gasteiger partial charge on any atom is -0.497 e. The molecule has 1 heterocycles. The first kappa shape index (κ1) is 17.1. The normalized spacial score (nSPS) is 16.7. The molecule has 0 aromatic heterocycles. The molecular weight excluding hydrogens is 302 g/mol. The first-order chi connectivity index (χ1) is 11.1. The van der Waals surface area contributed by atoms with E-state index in [1.165, 1.54) is 26.4 Å². The summed E-state index contributed by atoms with van der Waals surface area (Å²) in [6.45, 7) is 0.821. The van der Waals surface area contributed by atoms with Gasteiger partial charge in [-0.2, -0.15) is 0 Å². The van der Waals surface area contributed by atoms with Crippen molar-refractivity contribution in [3.05, 3.63) is 23.8 Å². The molecule has 23 heavy (non-hydrogen) atoms. The maximum absolute atomic E-state index is 12.0. The molecule has 0 spiro atoms. The topological polar surface area (TPSA) is 83.1 Å². The second kappa shape index (κ2) is 8.38. The van der Waals surface area contributed by atoms with Gasteiger partial charge < -0.3 is 24.3 Å². The van der Waals surface area contributed by atoms with Crippen LogP contribution in [0.25, 0.3) is 0 Å². The van der Waals surface area contributed by atoms with Gasteiger partial charge in [-0.15, -0.1) is 0 Å². The number of methoxy groups -OCH3 is 2. The minimum absolute atomic E-state index is 0.0531. The fourth-order valence-electron chi connectivity index (χ4n) is 2.22. The van der Waals surface area contributed by atoms with Crippen molar-refractivity contribution in [1.82, 2.24) is 5.32 Å². The number of esters is 1. The average molecular weight is 323 g/mol. The van der Waals surface area contributed by atoms with Crippen molar-refractivity contribution < 1.29 is 28.5 Å². The van der Waals surface area contributed by atoms with E-state index in [0.29, 0.717) is 18.0 Å². The molecule has 1 N–H and O–H groups in total. The molecule has 0 bridgehead atoms. The number of ether oxygens (including phenoxy) is 4. The standard InChI is InChI=1S/C16H21NO6/c1-20-13-6-11(7-14(8-13)21-2)16(19)23-10-15(18)17-9-12-4-3-5-22-12/h6-8,12H,3-5,9-10H2,1-2H3,(H,17,18). The van der Waals surface area contributed by atoms with Crippen molar-refractivity contribution in [1.29, 1.82) is 0 Å². The first-order valence-corrected chi connectivity index (χ1v) is 7.41. The Balaban J connectivity index is 1.82. The van der Waals surface area contributed by atoms with Crippen LogP contribution in [0.5, 0.6) is 11.5 Å². The van der Waals surface area contributed by atoms with Crippen LogP contribution in [0.2, 0.25) is 0 Å². The summed E-state index contributed by atoms with van der Waals surface area (Å²) in [5, 5.41) is 2.69. The fraction of sp³-hybridized carbons (Fsp3) is 0.500. The zero-order valence-corrected chi connectivity index (χ0v) is 13.3. The lowest BCUT2D eigenvalue weighted by Gasteiger charge is -2.11. The molecule has 7 heteroatoms. The van der Waals surface area contributed by atoms with Crippen molar-refractivity contribution in [2.24, 2.45) is 0 Å². The smallest absolute Gasteiger partial charge is 0.338 e. The van der Waals surface area contributed by atoms with Crippen molar-refractivity contribution in [2.75, 3.05) is 34.0 Å². The van der Waals surface area contributed by atoms with Crippen LogP contribution in [0.3, 0.4) is 0 Å². The second-order valence-corrected chi connectivity index (χ2v) is 5.12. The largest absolute Gasteiger partial charge is 0.497 e. The third-order valence-electron chi connectivity index (χ3n) is 3.47. The summed E-state index contributed by atoms with van der Waals surface area (Å²) in [5.41, 5.74) is 0.258. The van der Waals surface area contributed by atoms with E-state index in [9.17, 15) is 9.59 Å². The SMILES string of the molecule is COc1cc(OC)cc(C(=O)OCC(=O)NCC2CCCO2)c1. The number of amides is 1. The van der Waals surface area contributed by atoms with E-state index in [0.717, 1.165) is 19.4 Å². The number of hydrogen-bond acceptors (Lipinski definition) is 6. The van der Waals surface area contributed by atoms with Crippen LogP contribution in [0, 0.1) is 0 Å². The zero-order chi connectivity index (χ0) is 16.7. The molecule has 1 saturated heterocycles. The number of carbonyl (C=O) groups excluding carboxylic acids is 2. The molecular formula is C16H21NO6. The van der Waals surface area contributed by atoms with E-state index >= 15 is 0 Å². The summed E-state index contributed by atoms with van der Waals surface area (Å²) >= 11 is 0. The molecule has 126 valence electrons. The molecule has 1 atom stereocenters. The zero-order valence-electron chi connectivity index (χ0n) is 13.3. The van der Waals surface area contributed by atoms with Gasteiger partial charge >= 0.3 is 5.97 Å². The van der Waals surface area contributed by atoms with E-state index in [1.807, 2.05) is 0 Å². The van der Waals surface area contributed by atoms with Gasteiger partial charge in [-0.05, 0) is 25.0 Å². The highest BCUT2D eigenvalue weighted by atomic mass is 16.5. The quantitative estimate of drug-likeness (QED) is 0.758. The Bertz CT molecular complexity index is 531. The van der Waals surface area contributed by atoms with Gasteiger partial charge in [-0.3, -0.25) is 4.79 Å². The monoisotopic (exact) mass is 323 g/mol. The van der Waals surface area contributed by atoms with Crippen molar-refractivity contribution >= 4 is 11.9 Å². The Morgan fingerprint density at radius 1 is 1.22 bits per heavy atom. The number of rotatable bonds is 7. The summed E-state index contributed by atoms with van der Waals surface area (Å²) < 4.78 is 20.6. The molecule has 0 aliphatic carbocycles. The van der Waals surface area contributed by atoms with Gasteiger partial charge in [0.05, 0.1) is 25.9 Å². The van der Waals surface area contributed by atoms with Crippen LogP contribution >= 0.6 is 0 Å². The number of hydrogen-bond donors (Lipinski definition) is 1. The summed E-state index contributed by atoms with van der Waals surface area (Å²) in [6.07, 6.45) is 1.99. The van der Waals surface area contributed by atoms with Crippen LogP contribution < -0.4 is 14.8 Å². The molecule has 7 nitrogen and oxygen atoms in total. The highest BCUT2D eigenvalue weighted by Crippen LogP contribution is 2.22. The third-order valence-corrected chi connectivity index (χ3v) is 3.47. The fourth-order valence-corrected chi connectivity index (χ4v) is 2.22. The molecule has 0 radical (unpaired) electrons. The van der Waals surface area contributed by atoms with Crippen molar-refractivity contribution in [3.8, 4) is 11.5 Å². The molecule has 1 aromatic rings.